The molecule has 3 heteroatoms. The van der Waals surface area contributed by atoms with Crippen LogP contribution in [0.2, 0.25) is 0 Å². The highest BCUT2D eigenvalue weighted by molar-refractivity contribution is 5.78. The number of carbonyl (C=O) groups is 1. The normalized spacial score (nSPS) is 13.4. The summed E-state index contributed by atoms with van der Waals surface area (Å²) < 4.78 is 0. The molecule has 1 aromatic carbocycles. The Morgan fingerprint density at radius 2 is 2.00 bits per heavy atom. The van der Waals surface area contributed by atoms with Crippen molar-refractivity contribution in [3.05, 3.63) is 29.3 Å². The summed E-state index contributed by atoms with van der Waals surface area (Å²) in [4.78, 5) is 11.2. The Balaban J connectivity index is 3.28. The predicted molar refractivity (Wildman–Crippen MR) is 70.2 cm³/mol. The molecule has 0 aliphatic heterocycles. The van der Waals surface area contributed by atoms with E-state index in [1.54, 1.807) is 0 Å². The van der Waals surface area contributed by atoms with Gasteiger partial charge in [0.1, 0.15) is 0 Å². The minimum atomic E-state index is -0.815. The molecule has 3 nitrogen and oxygen atoms in total. The number of hydrogen-bond donors (Lipinski definition) is 2. The first kappa shape index (κ1) is 13.6. The van der Waals surface area contributed by atoms with Gasteiger partial charge in [0.2, 0.25) is 0 Å². The number of benzene rings is 1. The highest BCUT2D eigenvalue weighted by atomic mass is 16.4. The number of carboxylic acids is 1. The summed E-state index contributed by atoms with van der Waals surface area (Å²) >= 11 is 0. The van der Waals surface area contributed by atoms with Crippen molar-refractivity contribution in [3.8, 4) is 0 Å². The Morgan fingerprint density at radius 1 is 1.41 bits per heavy atom. The average Bonchev–Trinajstić information content (AvgIpc) is 2.19. The molecule has 1 aromatic rings. The van der Waals surface area contributed by atoms with E-state index in [-0.39, 0.29) is 5.41 Å². The molecule has 0 bridgehead atoms. The number of hydrogen-bond acceptors (Lipinski definition) is 2. The second-order valence-electron chi connectivity index (χ2n) is 5.39. The molecule has 0 amide bonds. The number of rotatable bonds is 3. The van der Waals surface area contributed by atoms with E-state index in [1.165, 1.54) is 0 Å². The third kappa shape index (κ3) is 2.99. The number of nitrogen functional groups attached to an aromatic ring is 1. The van der Waals surface area contributed by atoms with Gasteiger partial charge in [0, 0.05) is 5.69 Å². The van der Waals surface area contributed by atoms with Crippen LogP contribution in [0.1, 0.15) is 51.2 Å². The fourth-order valence-corrected chi connectivity index (χ4v) is 1.87. The van der Waals surface area contributed by atoms with E-state index in [1.807, 2.05) is 25.1 Å². The molecule has 0 radical (unpaired) electrons. The molecule has 0 aromatic heterocycles. The van der Waals surface area contributed by atoms with Gasteiger partial charge in [-0.2, -0.15) is 0 Å². The quantitative estimate of drug-likeness (QED) is 0.791. The first-order valence-corrected chi connectivity index (χ1v) is 5.90. The van der Waals surface area contributed by atoms with Gasteiger partial charge in [0.25, 0.3) is 0 Å². The van der Waals surface area contributed by atoms with Gasteiger partial charge in [-0.15, -0.1) is 0 Å². The lowest BCUT2D eigenvalue weighted by atomic mass is 9.83. The van der Waals surface area contributed by atoms with Gasteiger partial charge in [0.15, 0.2) is 0 Å². The average molecular weight is 235 g/mol. The maximum atomic E-state index is 11.2. The summed E-state index contributed by atoms with van der Waals surface area (Å²) in [6.45, 7) is 8.17. The first-order valence-electron chi connectivity index (χ1n) is 5.90. The summed E-state index contributed by atoms with van der Waals surface area (Å²) in [7, 11) is 0. The largest absolute Gasteiger partial charge is 0.481 e. The molecular weight excluding hydrogens is 214 g/mol. The molecule has 0 heterocycles. The highest BCUT2D eigenvalue weighted by Crippen LogP contribution is 2.31. The van der Waals surface area contributed by atoms with Crippen molar-refractivity contribution in [2.24, 2.45) is 0 Å². The van der Waals surface area contributed by atoms with Gasteiger partial charge in [-0.05, 0) is 29.0 Å². The Hall–Kier alpha value is -1.51. The summed E-state index contributed by atoms with van der Waals surface area (Å²) in [5.41, 5.74) is 8.29. The maximum Gasteiger partial charge on any atom is 0.311 e. The molecule has 3 N–H and O–H groups in total. The standard InChI is InChI=1S/C14H21NO2/c1-5-10(13(16)17)11-8-9(14(2,3)4)6-7-12(11)15/h6-8,10H,5,15H2,1-4H3,(H,16,17). The molecule has 0 fully saturated rings. The van der Waals surface area contributed by atoms with Crippen LogP contribution in [-0.2, 0) is 10.2 Å². The second kappa shape index (κ2) is 4.78. The third-order valence-corrected chi connectivity index (χ3v) is 3.03. The van der Waals surface area contributed by atoms with E-state index in [2.05, 4.69) is 20.8 Å². The fraction of sp³-hybridized carbons (Fsp3) is 0.500. The predicted octanol–water partition coefficient (Wildman–Crippen LogP) is 3.14. The van der Waals surface area contributed by atoms with Crippen molar-refractivity contribution >= 4 is 11.7 Å². The van der Waals surface area contributed by atoms with Crippen molar-refractivity contribution < 1.29 is 9.90 Å². The molecule has 0 saturated carbocycles. The van der Waals surface area contributed by atoms with Crippen LogP contribution in [0.4, 0.5) is 5.69 Å². The molecule has 0 aliphatic carbocycles. The smallest absolute Gasteiger partial charge is 0.311 e. The molecule has 1 unspecified atom stereocenters. The van der Waals surface area contributed by atoms with Gasteiger partial charge >= 0.3 is 5.97 Å². The van der Waals surface area contributed by atoms with E-state index in [0.717, 1.165) is 11.1 Å². The van der Waals surface area contributed by atoms with E-state index < -0.39 is 11.9 Å². The molecule has 0 spiro atoms. The fourth-order valence-electron chi connectivity index (χ4n) is 1.87. The van der Waals surface area contributed by atoms with Crippen molar-refractivity contribution in [2.75, 3.05) is 5.73 Å². The Morgan fingerprint density at radius 3 is 2.41 bits per heavy atom. The Labute approximate surface area is 103 Å². The molecule has 17 heavy (non-hydrogen) atoms. The summed E-state index contributed by atoms with van der Waals surface area (Å²) in [5, 5.41) is 9.19. The zero-order valence-corrected chi connectivity index (χ0v) is 10.9. The zero-order chi connectivity index (χ0) is 13.2. The molecular formula is C14H21NO2. The van der Waals surface area contributed by atoms with Crippen molar-refractivity contribution in [1.29, 1.82) is 0 Å². The summed E-state index contributed by atoms with van der Waals surface area (Å²) in [6, 6.07) is 5.70. The Kier molecular flexibility index (Phi) is 3.81. The van der Waals surface area contributed by atoms with Crippen LogP contribution < -0.4 is 5.73 Å². The van der Waals surface area contributed by atoms with Gasteiger partial charge in [0.05, 0.1) is 5.92 Å². The zero-order valence-electron chi connectivity index (χ0n) is 10.9. The van der Waals surface area contributed by atoms with Crippen molar-refractivity contribution in [2.45, 2.75) is 45.4 Å². The number of anilines is 1. The monoisotopic (exact) mass is 235 g/mol. The third-order valence-electron chi connectivity index (χ3n) is 3.03. The molecule has 1 rings (SSSR count). The molecule has 94 valence electrons. The van der Waals surface area contributed by atoms with Crippen LogP contribution in [0, 0.1) is 0 Å². The van der Waals surface area contributed by atoms with Crippen LogP contribution in [0.25, 0.3) is 0 Å². The lowest BCUT2D eigenvalue weighted by molar-refractivity contribution is -0.138. The van der Waals surface area contributed by atoms with Crippen LogP contribution in [0.15, 0.2) is 18.2 Å². The van der Waals surface area contributed by atoms with Gasteiger partial charge < -0.3 is 10.8 Å². The molecule has 1 atom stereocenters. The van der Waals surface area contributed by atoms with Crippen LogP contribution in [0.3, 0.4) is 0 Å². The van der Waals surface area contributed by atoms with Crippen molar-refractivity contribution in [1.82, 2.24) is 0 Å². The number of carboxylic acid groups (broad SMARTS) is 1. The van der Waals surface area contributed by atoms with E-state index >= 15 is 0 Å². The minimum Gasteiger partial charge on any atom is -0.481 e. The number of nitrogens with two attached hydrogens (primary N) is 1. The summed E-state index contributed by atoms with van der Waals surface area (Å²) in [6.07, 6.45) is 0.549. The van der Waals surface area contributed by atoms with E-state index in [9.17, 15) is 9.90 Å². The van der Waals surface area contributed by atoms with Crippen molar-refractivity contribution in [3.63, 3.8) is 0 Å². The number of aliphatic carboxylic acids is 1. The first-order chi connectivity index (χ1) is 7.77. The van der Waals surface area contributed by atoms with Gasteiger partial charge in [-0.25, -0.2) is 0 Å². The molecule has 0 aliphatic rings. The molecule has 0 saturated heterocycles. The second-order valence-corrected chi connectivity index (χ2v) is 5.39. The van der Waals surface area contributed by atoms with Gasteiger partial charge in [-0.1, -0.05) is 39.8 Å². The lowest BCUT2D eigenvalue weighted by Crippen LogP contribution is -2.16. The SMILES string of the molecule is CCC(C(=O)O)c1cc(C(C)(C)C)ccc1N. The topological polar surface area (TPSA) is 63.3 Å². The van der Waals surface area contributed by atoms with E-state index in [4.69, 9.17) is 5.73 Å². The highest BCUT2D eigenvalue weighted by Gasteiger charge is 2.22. The maximum absolute atomic E-state index is 11.2. The summed E-state index contributed by atoms with van der Waals surface area (Å²) in [5.74, 6) is -1.33. The van der Waals surface area contributed by atoms with Crippen LogP contribution in [-0.4, -0.2) is 11.1 Å². The van der Waals surface area contributed by atoms with Crippen LogP contribution >= 0.6 is 0 Å². The van der Waals surface area contributed by atoms with E-state index in [0.29, 0.717) is 12.1 Å². The lowest BCUT2D eigenvalue weighted by Gasteiger charge is -2.22. The Bertz CT molecular complexity index is 419. The minimum absolute atomic E-state index is 0.000749. The van der Waals surface area contributed by atoms with Crippen LogP contribution in [0.5, 0.6) is 0 Å². The van der Waals surface area contributed by atoms with Gasteiger partial charge in [-0.3, -0.25) is 4.79 Å².